The maximum Gasteiger partial charge on any atom is 0.387 e. The van der Waals surface area contributed by atoms with Crippen LogP contribution in [-0.4, -0.2) is 26.6 Å². The van der Waals surface area contributed by atoms with Crippen LogP contribution in [0.4, 0.5) is 8.78 Å². The summed E-state index contributed by atoms with van der Waals surface area (Å²) in [6.45, 7) is -1.06. The van der Waals surface area contributed by atoms with Crippen molar-refractivity contribution < 1.29 is 27.8 Å². The van der Waals surface area contributed by atoms with Gasteiger partial charge in [-0.05, 0) is 54.5 Å². The summed E-state index contributed by atoms with van der Waals surface area (Å²) in [6.07, 6.45) is 3.08. The first-order valence-electron chi connectivity index (χ1n) is 7.44. The summed E-state index contributed by atoms with van der Waals surface area (Å²) < 4.78 is 39.2. The Hall–Kier alpha value is -2.89. The van der Waals surface area contributed by atoms with E-state index in [1.54, 1.807) is 13.2 Å². The lowest BCUT2D eigenvalue weighted by Crippen LogP contribution is -2.04. The van der Waals surface area contributed by atoms with Gasteiger partial charge in [0.1, 0.15) is 5.75 Å². The van der Waals surface area contributed by atoms with Gasteiger partial charge in [-0.25, -0.2) is 0 Å². The topological polar surface area (TPSA) is 44.8 Å². The van der Waals surface area contributed by atoms with Crippen molar-refractivity contribution in [3.05, 3.63) is 59.2 Å². The average Bonchev–Trinajstić information content (AvgIpc) is 2.59. The lowest BCUT2D eigenvalue weighted by molar-refractivity contribution is -0.0512. The molecule has 0 spiro atoms. The van der Waals surface area contributed by atoms with Gasteiger partial charge in [0, 0.05) is 5.56 Å². The Bertz CT molecular complexity index is 785. The van der Waals surface area contributed by atoms with Crippen LogP contribution in [0, 0.1) is 6.92 Å². The Balaban J connectivity index is 2.18. The van der Waals surface area contributed by atoms with Crippen LogP contribution in [0.3, 0.4) is 0 Å². The molecule has 0 bridgehead atoms. The van der Waals surface area contributed by atoms with Gasteiger partial charge in [0.2, 0.25) is 0 Å². The fourth-order valence-electron chi connectivity index (χ4n) is 2.29. The predicted octanol–water partition coefficient (Wildman–Crippen LogP) is 4.51. The molecule has 0 heterocycles. The van der Waals surface area contributed by atoms with E-state index in [1.807, 2.05) is 25.1 Å². The number of hydrogen-bond donors (Lipinski definition) is 0. The molecule has 0 amide bonds. The lowest BCUT2D eigenvalue weighted by Gasteiger charge is -2.10. The summed E-state index contributed by atoms with van der Waals surface area (Å²) in [6, 6.07) is 9.59. The van der Waals surface area contributed by atoms with E-state index in [4.69, 9.17) is 9.47 Å². The molecule has 0 unspecified atom stereocenters. The number of hydrogen-bond acceptors (Lipinski definition) is 4. The molecule has 0 saturated carbocycles. The zero-order chi connectivity index (χ0) is 18.4. The van der Waals surface area contributed by atoms with Crippen molar-refractivity contribution in [3.63, 3.8) is 0 Å². The van der Waals surface area contributed by atoms with Gasteiger partial charge in [-0.15, -0.1) is 0 Å². The molecule has 0 radical (unpaired) electrons. The van der Waals surface area contributed by atoms with Crippen molar-refractivity contribution in [2.75, 3.05) is 14.2 Å². The Morgan fingerprint density at radius 3 is 2.28 bits per heavy atom. The number of aryl methyl sites for hydroxylation is 1. The van der Waals surface area contributed by atoms with Crippen molar-refractivity contribution in [3.8, 4) is 17.2 Å². The van der Waals surface area contributed by atoms with Crippen molar-refractivity contribution in [1.29, 1.82) is 0 Å². The number of allylic oxidation sites excluding steroid dienone is 1. The second-order valence-corrected chi connectivity index (χ2v) is 5.17. The molecule has 4 nitrogen and oxygen atoms in total. The van der Waals surface area contributed by atoms with E-state index in [0.29, 0.717) is 5.56 Å². The summed E-state index contributed by atoms with van der Waals surface area (Å²) in [7, 11) is 2.91. The van der Waals surface area contributed by atoms with Crippen LogP contribution < -0.4 is 14.2 Å². The molecule has 2 aromatic rings. The van der Waals surface area contributed by atoms with Crippen molar-refractivity contribution >= 4 is 11.9 Å². The zero-order valence-corrected chi connectivity index (χ0v) is 14.1. The van der Waals surface area contributed by atoms with Crippen LogP contribution in [0.15, 0.2) is 42.5 Å². The second kappa shape index (κ2) is 8.28. The molecule has 0 N–H and O–H groups in total. The predicted molar refractivity (Wildman–Crippen MR) is 90.7 cm³/mol. The fraction of sp³-hybridized carbons (Fsp3) is 0.211. The van der Waals surface area contributed by atoms with E-state index in [2.05, 4.69) is 4.74 Å². The molecule has 0 aliphatic heterocycles. The third kappa shape index (κ3) is 4.79. The smallest absolute Gasteiger partial charge is 0.387 e. The van der Waals surface area contributed by atoms with Crippen LogP contribution in [0.5, 0.6) is 17.2 Å². The number of halogens is 2. The van der Waals surface area contributed by atoms with Gasteiger partial charge in [-0.3, -0.25) is 4.79 Å². The highest BCUT2D eigenvalue weighted by Crippen LogP contribution is 2.29. The quantitative estimate of drug-likeness (QED) is 0.545. The van der Waals surface area contributed by atoms with Gasteiger partial charge < -0.3 is 14.2 Å². The number of benzene rings is 2. The van der Waals surface area contributed by atoms with Crippen molar-refractivity contribution in [1.82, 2.24) is 0 Å². The van der Waals surface area contributed by atoms with Crippen LogP contribution >= 0.6 is 0 Å². The number of ether oxygens (including phenoxy) is 3. The van der Waals surface area contributed by atoms with Gasteiger partial charge in [0.25, 0.3) is 0 Å². The van der Waals surface area contributed by atoms with E-state index < -0.39 is 6.61 Å². The number of carbonyl (C=O) groups is 1. The summed E-state index contributed by atoms with van der Waals surface area (Å²) in [5.74, 6) is 0.432. The number of ketones is 1. The lowest BCUT2D eigenvalue weighted by atomic mass is 10.1. The first kappa shape index (κ1) is 18.4. The Kier molecular flexibility index (Phi) is 6.11. The standard InChI is InChI=1S/C19H18F2O4/c1-12-10-13(5-8-16(12)23-2)4-7-15(22)14-6-9-17(25-19(20)21)18(11-14)24-3/h4-11,19H,1-3H3/b7-4+. The third-order valence-corrected chi connectivity index (χ3v) is 3.51. The molecule has 25 heavy (non-hydrogen) atoms. The van der Waals surface area contributed by atoms with Crippen molar-refractivity contribution in [2.45, 2.75) is 13.5 Å². The van der Waals surface area contributed by atoms with Gasteiger partial charge in [-0.2, -0.15) is 8.78 Å². The molecular weight excluding hydrogens is 330 g/mol. The van der Waals surface area contributed by atoms with E-state index in [9.17, 15) is 13.6 Å². The van der Waals surface area contributed by atoms with Crippen LogP contribution in [0.1, 0.15) is 21.5 Å². The first-order chi connectivity index (χ1) is 11.9. The van der Waals surface area contributed by atoms with E-state index in [1.165, 1.54) is 31.4 Å². The van der Waals surface area contributed by atoms with Gasteiger partial charge in [-0.1, -0.05) is 12.1 Å². The molecule has 132 valence electrons. The third-order valence-electron chi connectivity index (χ3n) is 3.51. The minimum atomic E-state index is -2.96. The first-order valence-corrected chi connectivity index (χ1v) is 7.44. The molecule has 0 aromatic heterocycles. The molecule has 0 atom stereocenters. The van der Waals surface area contributed by atoms with E-state index >= 15 is 0 Å². The maximum absolute atomic E-state index is 12.3. The number of carbonyl (C=O) groups excluding carboxylic acids is 1. The van der Waals surface area contributed by atoms with Gasteiger partial charge in [0.15, 0.2) is 17.3 Å². The summed E-state index contributed by atoms with van der Waals surface area (Å²) in [5.41, 5.74) is 2.10. The van der Waals surface area contributed by atoms with E-state index in [-0.39, 0.29) is 17.3 Å². The monoisotopic (exact) mass is 348 g/mol. The summed E-state index contributed by atoms with van der Waals surface area (Å²) in [5, 5.41) is 0. The Morgan fingerprint density at radius 2 is 1.68 bits per heavy atom. The molecule has 2 rings (SSSR count). The zero-order valence-electron chi connectivity index (χ0n) is 14.1. The molecule has 2 aromatic carbocycles. The second-order valence-electron chi connectivity index (χ2n) is 5.17. The van der Waals surface area contributed by atoms with Gasteiger partial charge in [0.05, 0.1) is 14.2 Å². The molecule has 6 heteroatoms. The summed E-state index contributed by atoms with van der Waals surface area (Å²) >= 11 is 0. The average molecular weight is 348 g/mol. The Labute approximate surface area is 144 Å². The molecule has 0 saturated heterocycles. The molecule has 0 aliphatic rings. The molecular formula is C19H18F2O4. The SMILES string of the molecule is COc1ccc(/C=C/C(=O)c2ccc(OC(F)F)c(OC)c2)cc1C. The fourth-order valence-corrected chi connectivity index (χ4v) is 2.29. The van der Waals surface area contributed by atoms with Crippen molar-refractivity contribution in [2.24, 2.45) is 0 Å². The normalized spacial score (nSPS) is 11.0. The molecule has 0 aliphatic carbocycles. The minimum absolute atomic E-state index is 0.0693. The van der Waals surface area contributed by atoms with Crippen LogP contribution in [-0.2, 0) is 0 Å². The number of alkyl halides is 2. The Morgan fingerprint density at radius 1 is 1.00 bits per heavy atom. The highest BCUT2D eigenvalue weighted by atomic mass is 19.3. The largest absolute Gasteiger partial charge is 0.496 e. The molecule has 0 fully saturated rings. The maximum atomic E-state index is 12.3. The highest BCUT2D eigenvalue weighted by Gasteiger charge is 2.13. The number of rotatable bonds is 7. The highest BCUT2D eigenvalue weighted by molar-refractivity contribution is 6.07. The van der Waals surface area contributed by atoms with Crippen LogP contribution in [0.2, 0.25) is 0 Å². The van der Waals surface area contributed by atoms with Crippen LogP contribution in [0.25, 0.3) is 6.08 Å². The minimum Gasteiger partial charge on any atom is -0.496 e. The van der Waals surface area contributed by atoms with Gasteiger partial charge >= 0.3 is 6.61 Å². The summed E-state index contributed by atoms with van der Waals surface area (Å²) in [4.78, 5) is 12.3. The van der Waals surface area contributed by atoms with E-state index in [0.717, 1.165) is 16.9 Å². The number of methoxy groups -OCH3 is 2.